The van der Waals surface area contributed by atoms with Gasteiger partial charge in [0, 0.05) is 11.6 Å². The number of hydrogen-bond donors (Lipinski definition) is 2. The highest BCUT2D eigenvalue weighted by molar-refractivity contribution is 7.99. The van der Waals surface area contributed by atoms with E-state index in [-0.39, 0.29) is 17.6 Å². The third-order valence-corrected chi connectivity index (χ3v) is 4.10. The smallest absolute Gasteiger partial charge is 0.242 e. The van der Waals surface area contributed by atoms with Crippen LogP contribution in [0.2, 0.25) is 5.02 Å². The molecule has 2 N–H and O–H groups in total. The molecule has 0 saturated heterocycles. The van der Waals surface area contributed by atoms with Crippen LogP contribution in [0, 0.1) is 0 Å². The van der Waals surface area contributed by atoms with E-state index in [0.29, 0.717) is 22.4 Å². The van der Waals surface area contributed by atoms with Gasteiger partial charge in [-0.3, -0.25) is 9.59 Å². The summed E-state index contributed by atoms with van der Waals surface area (Å²) in [4.78, 5) is 23.5. The minimum atomic E-state index is -0.595. The van der Waals surface area contributed by atoms with E-state index in [1.807, 2.05) is 13.0 Å². The molecule has 2 aromatic rings. The summed E-state index contributed by atoms with van der Waals surface area (Å²) in [5.41, 5.74) is 0.700. The van der Waals surface area contributed by atoms with E-state index in [4.69, 9.17) is 11.6 Å². The maximum absolute atomic E-state index is 11.9. The van der Waals surface area contributed by atoms with Gasteiger partial charge in [-0.2, -0.15) is 4.68 Å². The van der Waals surface area contributed by atoms with Crippen molar-refractivity contribution in [2.24, 2.45) is 0 Å². The van der Waals surface area contributed by atoms with Crippen LogP contribution in [0.1, 0.15) is 13.8 Å². The molecule has 2 rings (SSSR count). The van der Waals surface area contributed by atoms with Gasteiger partial charge in [0.1, 0.15) is 6.04 Å². The van der Waals surface area contributed by atoms with Crippen LogP contribution in [-0.2, 0) is 9.59 Å². The Morgan fingerprint density at radius 2 is 2.21 bits per heavy atom. The maximum Gasteiger partial charge on any atom is 0.242 e. The van der Waals surface area contributed by atoms with Crippen LogP contribution in [0.25, 0.3) is 5.69 Å². The van der Waals surface area contributed by atoms with Gasteiger partial charge in [0.05, 0.1) is 11.4 Å². The zero-order valence-corrected chi connectivity index (χ0v) is 14.8. The summed E-state index contributed by atoms with van der Waals surface area (Å²) in [7, 11) is 0. The number of carbonyl (C=O) groups is 2. The molecule has 0 saturated carbocycles. The molecular weight excluding hydrogens is 352 g/mol. The largest absolute Gasteiger partial charge is 0.355 e. The quantitative estimate of drug-likeness (QED) is 0.708. The van der Waals surface area contributed by atoms with Gasteiger partial charge in [0.15, 0.2) is 0 Å². The van der Waals surface area contributed by atoms with Gasteiger partial charge in [-0.15, -0.1) is 5.10 Å². The van der Waals surface area contributed by atoms with Crippen molar-refractivity contribution < 1.29 is 9.59 Å². The molecular formula is C14H17ClN6O2S. The Hall–Kier alpha value is -2.13. The number of amides is 2. The Morgan fingerprint density at radius 3 is 2.92 bits per heavy atom. The van der Waals surface area contributed by atoms with Crippen LogP contribution < -0.4 is 10.6 Å². The second-order valence-corrected chi connectivity index (χ2v) is 6.20. The fraction of sp³-hybridized carbons (Fsp3) is 0.357. The number of nitrogens with zero attached hydrogens (tertiary/aromatic N) is 4. The first kappa shape index (κ1) is 18.2. The lowest BCUT2D eigenvalue weighted by Crippen LogP contribution is -2.45. The molecule has 10 heteroatoms. The number of carbonyl (C=O) groups excluding carboxylic acids is 2. The molecule has 0 fully saturated rings. The van der Waals surface area contributed by atoms with Gasteiger partial charge in [0.25, 0.3) is 0 Å². The molecule has 1 atom stereocenters. The predicted molar refractivity (Wildman–Crippen MR) is 91.2 cm³/mol. The van der Waals surface area contributed by atoms with Crippen LogP contribution in [0.15, 0.2) is 29.4 Å². The first-order valence-corrected chi connectivity index (χ1v) is 8.61. The average Bonchev–Trinajstić information content (AvgIpc) is 3.01. The lowest BCUT2D eigenvalue weighted by Gasteiger charge is -2.12. The number of rotatable bonds is 7. The van der Waals surface area contributed by atoms with Crippen molar-refractivity contribution in [1.82, 2.24) is 30.8 Å². The summed E-state index contributed by atoms with van der Waals surface area (Å²) in [6, 6.07) is 6.47. The predicted octanol–water partition coefficient (Wildman–Crippen LogP) is 1.05. The monoisotopic (exact) mass is 368 g/mol. The highest BCUT2D eigenvalue weighted by Gasteiger charge is 2.16. The molecule has 24 heavy (non-hydrogen) atoms. The lowest BCUT2D eigenvalue weighted by molar-refractivity contribution is -0.127. The Labute approximate surface area is 148 Å². The summed E-state index contributed by atoms with van der Waals surface area (Å²) in [6.07, 6.45) is 0. The van der Waals surface area contributed by atoms with Gasteiger partial charge in [-0.1, -0.05) is 29.4 Å². The van der Waals surface area contributed by atoms with E-state index >= 15 is 0 Å². The number of likely N-dealkylation sites (N-methyl/N-ethyl adjacent to an activating group) is 1. The molecule has 2 amide bonds. The molecule has 8 nitrogen and oxygen atoms in total. The average molecular weight is 369 g/mol. The minimum Gasteiger partial charge on any atom is -0.355 e. The second-order valence-electron chi connectivity index (χ2n) is 4.83. The molecule has 0 unspecified atom stereocenters. The summed E-state index contributed by atoms with van der Waals surface area (Å²) in [5, 5.41) is 17.7. The van der Waals surface area contributed by atoms with Crippen molar-refractivity contribution in [3.8, 4) is 5.69 Å². The van der Waals surface area contributed by atoms with Gasteiger partial charge in [-0.05, 0) is 42.5 Å². The number of benzene rings is 1. The zero-order valence-electron chi connectivity index (χ0n) is 13.2. The van der Waals surface area contributed by atoms with Crippen LogP contribution in [0.5, 0.6) is 0 Å². The van der Waals surface area contributed by atoms with Gasteiger partial charge < -0.3 is 10.6 Å². The van der Waals surface area contributed by atoms with E-state index in [9.17, 15) is 9.59 Å². The molecule has 0 radical (unpaired) electrons. The van der Waals surface area contributed by atoms with Crippen molar-refractivity contribution in [1.29, 1.82) is 0 Å². The van der Waals surface area contributed by atoms with Crippen molar-refractivity contribution in [3.05, 3.63) is 29.3 Å². The van der Waals surface area contributed by atoms with E-state index < -0.39 is 6.04 Å². The first-order valence-electron chi connectivity index (χ1n) is 7.25. The molecule has 128 valence electrons. The first-order chi connectivity index (χ1) is 11.5. The molecule has 0 aliphatic rings. The van der Waals surface area contributed by atoms with Crippen LogP contribution in [0.3, 0.4) is 0 Å². The fourth-order valence-electron chi connectivity index (χ4n) is 1.84. The van der Waals surface area contributed by atoms with Crippen LogP contribution in [0.4, 0.5) is 0 Å². The molecule has 0 aliphatic carbocycles. The molecule has 1 aromatic heterocycles. The minimum absolute atomic E-state index is 0.0880. The highest BCUT2D eigenvalue weighted by Crippen LogP contribution is 2.20. The van der Waals surface area contributed by atoms with Crippen molar-refractivity contribution >= 4 is 35.2 Å². The summed E-state index contributed by atoms with van der Waals surface area (Å²) in [6.45, 7) is 3.96. The van der Waals surface area contributed by atoms with E-state index in [0.717, 1.165) is 0 Å². The maximum atomic E-state index is 11.9. The Balaban J connectivity index is 1.95. The van der Waals surface area contributed by atoms with Crippen molar-refractivity contribution in [2.45, 2.75) is 25.0 Å². The van der Waals surface area contributed by atoms with E-state index in [2.05, 4.69) is 26.2 Å². The van der Waals surface area contributed by atoms with Crippen LogP contribution in [-0.4, -0.2) is 50.4 Å². The van der Waals surface area contributed by atoms with Crippen LogP contribution >= 0.6 is 23.4 Å². The Kier molecular flexibility index (Phi) is 6.56. The number of hydrogen-bond acceptors (Lipinski definition) is 6. The van der Waals surface area contributed by atoms with Gasteiger partial charge >= 0.3 is 0 Å². The van der Waals surface area contributed by atoms with Crippen molar-refractivity contribution in [3.63, 3.8) is 0 Å². The van der Waals surface area contributed by atoms with E-state index in [1.54, 1.807) is 25.1 Å². The zero-order chi connectivity index (χ0) is 17.5. The SMILES string of the molecule is CCNC(=O)[C@@H](C)NC(=O)CSc1nnnn1-c1cccc(Cl)c1. The standard InChI is InChI=1S/C14H17ClN6O2S/c1-3-16-13(23)9(2)17-12(22)8-24-14-18-19-20-21(14)11-6-4-5-10(15)7-11/h4-7,9H,3,8H2,1-2H3,(H,16,23)(H,17,22)/t9-/m1/s1. The molecule has 0 bridgehead atoms. The molecule has 0 spiro atoms. The number of thioether (sulfide) groups is 1. The second kappa shape index (κ2) is 8.65. The number of halogens is 1. The van der Waals surface area contributed by atoms with E-state index in [1.165, 1.54) is 16.4 Å². The van der Waals surface area contributed by atoms with Gasteiger partial charge in [0.2, 0.25) is 17.0 Å². The third-order valence-electron chi connectivity index (χ3n) is 2.95. The Morgan fingerprint density at radius 1 is 1.42 bits per heavy atom. The highest BCUT2D eigenvalue weighted by atomic mass is 35.5. The Bertz CT molecular complexity index is 723. The molecule has 0 aliphatic heterocycles. The normalized spacial score (nSPS) is 11.8. The number of aromatic nitrogens is 4. The number of nitrogens with one attached hydrogen (secondary N) is 2. The summed E-state index contributed by atoms with van der Waals surface area (Å²) in [5.74, 6) is -0.413. The fourth-order valence-corrected chi connectivity index (χ4v) is 2.73. The summed E-state index contributed by atoms with van der Waals surface area (Å²) >= 11 is 7.13. The molecule has 1 aromatic carbocycles. The molecule has 1 heterocycles. The number of tetrazole rings is 1. The summed E-state index contributed by atoms with van der Waals surface area (Å²) < 4.78 is 1.50. The van der Waals surface area contributed by atoms with Gasteiger partial charge in [-0.25, -0.2) is 0 Å². The lowest BCUT2D eigenvalue weighted by atomic mass is 10.3. The topological polar surface area (TPSA) is 102 Å². The third kappa shape index (κ3) is 4.93. The van der Waals surface area contributed by atoms with Crippen molar-refractivity contribution in [2.75, 3.05) is 12.3 Å².